The van der Waals surface area contributed by atoms with Gasteiger partial charge in [0.1, 0.15) is 18.5 Å². The Morgan fingerprint density at radius 1 is 1.28 bits per heavy atom. The molecule has 8 heteroatoms. The minimum absolute atomic E-state index is 0.0135. The maximum absolute atomic E-state index is 13.0. The molecule has 1 fully saturated rings. The number of hydrogen-bond acceptors (Lipinski definition) is 5. The fourth-order valence-corrected chi connectivity index (χ4v) is 3.59. The van der Waals surface area contributed by atoms with Crippen LogP contribution in [0.1, 0.15) is 39.9 Å². The van der Waals surface area contributed by atoms with E-state index in [1.807, 2.05) is 0 Å². The molecule has 2 N–H and O–H groups in total. The van der Waals surface area contributed by atoms with E-state index in [9.17, 15) is 19.0 Å². The summed E-state index contributed by atoms with van der Waals surface area (Å²) in [6.45, 7) is 2.07. The molecular weight excluding hydrogens is 376 g/mol. The van der Waals surface area contributed by atoms with Crippen molar-refractivity contribution in [3.05, 3.63) is 64.5 Å². The van der Waals surface area contributed by atoms with Crippen molar-refractivity contribution in [2.24, 2.45) is 5.92 Å². The summed E-state index contributed by atoms with van der Waals surface area (Å²) in [7, 11) is -1.04. The smallest absolute Gasteiger partial charge is 0.459 e. The zero-order valence-electron chi connectivity index (χ0n) is 16.0. The van der Waals surface area contributed by atoms with Crippen molar-refractivity contribution >= 4 is 24.5 Å². The molecule has 1 unspecified atom stereocenters. The number of carbonyl (C=O) groups excluding carboxylic acids is 2. The Morgan fingerprint density at radius 2 is 2.00 bits per heavy atom. The monoisotopic (exact) mass is 397 g/mol. The van der Waals surface area contributed by atoms with Crippen molar-refractivity contribution in [1.29, 1.82) is 0 Å². The fraction of sp³-hybridized carbons (Fsp3) is 0.333. The van der Waals surface area contributed by atoms with Crippen molar-refractivity contribution in [1.82, 2.24) is 5.32 Å². The van der Waals surface area contributed by atoms with Gasteiger partial charge in [0, 0.05) is 5.56 Å². The van der Waals surface area contributed by atoms with Crippen LogP contribution >= 0.6 is 0 Å². The summed E-state index contributed by atoms with van der Waals surface area (Å²) in [4.78, 5) is 25.4. The van der Waals surface area contributed by atoms with Gasteiger partial charge in [-0.25, -0.2) is 9.18 Å². The molecule has 2 aromatic carbocycles. The molecule has 29 heavy (non-hydrogen) atoms. The lowest BCUT2D eigenvalue weighted by molar-refractivity contribution is -0.147. The molecule has 2 aliphatic rings. The molecule has 150 valence electrons. The van der Waals surface area contributed by atoms with Gasteiger partial charge < -0.3 is 19.7 Å². The van der Waals surface area contributed by atoms with Crippen molar-refractivity contribution in [2.45, 2.75) is 39.0 Å². The Balaban J connectivity index is 1.44. The van der Waals surface area contributed by atoms with Crippen LogP contribution in [-0.2, 0) is 27.4 Å². The molecule has 1 heterocycles. The van der Waals surface area contributed by atoms with Gasteiger partial charge in [0.05, 0.1) is 6.61 Å². The van der Waals surface area contributed by atoms with E-state index in [-0.39, 0.29) is 24.2 Å². The molecule has 0 bridgehead atoms. The molecule has 1 saturated carbocycles. The lowest BCUT2D eigenvalue weighted by atomic mass is 9.75. The molecule has 2 aromatic rings. The van der Waals surface area contributed by atoms with E-state index in [2.05, 4.69) is 5.32 Å². The van der Waals surface area contributed by atoms with Crippen LogP contribution in [0, 0.1) is 18.7 Å². The van der Waals surface area contributed by atoms with Crippen LogP contribution in [0.5, 0.6) is 0 Å². The highest BCUT2D eigenvalue weighted by Gasteiger charge is 2.39. The third kappa shape index (κ3) is 4.18. The molecule has 6 nitrogen and oxygen atoms in total. The minimum atomic E-state index is -1.04. The zero-order valence-corrected chi connectivity index (χ0v) is 16.0. The summed E-state index contributed by atoms with van der Waals surface area (Å²) in [5, 5.41) is 12.8. The third-order valence-corrected chi connectivity index (χ3v) is 5.42. The van der Waals surface area contributed by atoms with Crippen LogP contribution in [0.3, 0.4) is 0 Å². The van der Waals surface area contributed by atoms with Crippen molar-refractivity contribution < 1.29 is 28.4 Å². The van der Waals surface area contributed by atoms with E-state index in [1.165, 1.54) is 12.1 Å². The molecule has 1 aliphatic heterocycles. The molecular formula is C21H21BFNO5. The van der Waals surface area contributed by atoms with Crippen molar-refractivity contribution in [3.8, 4) is 0 Å². The standard InChI is InChI=1S/C21H21BFNO5/c1-12-17(9-6-15-11-29-22(27)18(12)15)20(25)24-19(14-4-5-14)21(26)28-10-13-2-7-16(23)8-3-13/h2-3,6-9,14,19,27H,4-5,10-11H2,1H3,(H,24,25). The van der Waals surface area contributed by atoms with Crippen LogP contribution in [0.4, 0.5) is 4.39 Å². The predicted molar refractivity (Wildman–Crippen MR) is 104 cm³/mol. The number of benzene rings is 2. The van der Waals surface area contributed by atoms with Gasteiger partial charge in [-0.3, -0.25) is 4.79 Å². The maximum Gasteiger partial charge on any atom is 0.492 e. The molecule has 0 spiro atoms. The Bertz CT molecular complexity index is 945. The maximum atomic E-state index is 13.0. The van der Waals surface area contributed by atoms with Gasteiger partial charge in [0.2, 0.25) is 0 Å². The second-order valence-electron chi connectivity index (χ2n) is 7.50. The Kier molecular flexibility index (Phi) is 5.38. The molecule has 1 amide bonds. The Labute approximate surface area is 168 Å². The minimum Gasteiger partial charge on any atom is -0.459 e. The first-order valence-corrected chi connectivity index (χ1v) is 9.58. The summed E-state index contributed by atoms with van der Waals surface area (Å²) in [6.07, 6.45) is 1.68. The van der Waals surface area contributed by atoms with Crippen LogP contribution in [0.2, 0.25) is 0 Å². The van der Waals surface area contributed by atoms with Gasteiger partial charge in [0.25, 0.3) is 5.91 Å². The summed E-state index contributed by atoms with van der Waals surface area (Å²) in [6, 6.07) is 8.40. The van der Waals surface area contributed by atoms with Crippen LogP contribution in [0.25, 0.3) is 0 Å². The normalized spacial score (nSPS) is 16.3. The number of carbonyl (C=O) groups is 2. The molecule has 0 radical (unpaired) electrons. The average Bonchev–Trinajstić information content (AvgIpc) is 3.48. The number of hydrogen-bond donors (Lipinski definition) is 2. The molecule has 1 aliphatic carbocycles. The quantitative estimate of drug-likeness (QED) is 0.572. The third-order valence-electron chi connectivity index (χ3n) is 5.42. The lowest BCUT2D eigenvalue weighted by Crippen LogP contribution is -2.44. The van der Waals surface area contributed by atoms with Gasteiger partial charge in [-0.15, -0.1) is 0 Å². The highest BCUT2D eigenvalue weighted by atomic mass is 19.1. The van der Waals surface area contributed by atoms with E-state index in [0.717, 1.165) is 18.4 Å². The predicted octanol–water partition coefficient (Wildman–Crippen LogP) is 1.60. The number of fused-ring (bicyclic) bond motifs is 1. The molecule has 0 aromatic heterocycles. The summed E-state index contributed by atoms with van der Waals surface area (Å²) >= 11 is 0. The summed E-state index contributed by atoms with van der Waals surface area (Å²) in [5.41, 5.74) is 3.16. The first-order valence-electron chi connectivity index (χ1n) is 9.58. The highest BCUT2D eigenvalue weighted by molar-refractivity contribution is 6.62. The van der Waals surface area contributed by atoms with E-state index in [0.29, 0.717) is 28.8 Å². The highest BCUT2D eigenvalue weighted by Crippen LogP contribution is 2.33. The molecule has 1 atom stereocenters. The lowest BCUT2D eigenvalue weighted by Gasteiger charge is -2.18. The van der Waals surface area contributed by atoms with E-state index in [1.54, 1.807) is 31.2 Å². The topological polar surface area (TPSA) is 84.9 Å². The number of halogens is 1. The van der Waals surface area contributed by atoms with E-state index in [4.69, 9.17) is 9.39 Å². The van der Waals surface area contributed by atoms with Crippen LogP contribution in [-0.4, -0.2) is 30.1 Å². The summed E-state index contributed by atoms with van der Waals surface area (Å²) in [5.74, 6) is -1.21. The fourth-order valence-electron chi connectivity index (χ4n) is 3.59. The number of amides is 1. The largest absolute Gasteiger partial charge is 0.492 e. The first-order chi connectivity index (χ1) is 13.9. The van der Waals surface area contributed by atoms with Gasteiger partial charge in [0.15, 0.2) is 0 Å². The summed E-state index contributed by atoms with van der Waals surface area (Å²) < 4.78 is 23.6. The SMILES string of the molecule is Cc1c(C(=O)NC(C(=O)OCc2ccc(F)cc2)C2CC2)ccc2c1B(O)OC2. The van der Waals surface area contributed by atoms with Crippen LogP contribution in [0.15, 0.2) is 36.4 Å². The van der Waals surface area contributed by atoms with Gasteiger partial charge in [-0.05, 0) is 66.0 Å². The van der Waals surface area contributed by atoms with Crippen molar-refractivity contribution in [3.63, 3.8) is 0 Å². The van der Waals surface area contributed by atoms with Gasteiger partial charge in [-0.1, -0.05) is 18.2 Å². The molecule has 4 rings (SSSR count). The van der Waals surface area contributed by atoms with Gasteiger partial charge in [-0.2, -0.15) is 0 Å². The van der Waals surface area contributed by atoms with Crippen LogP contribution < -0.4 is 10.8 Å². The second-order valence-corrected chi connectivity index (χ2v) is 7.50. The number of ether oxygens (including phenoxy) is 1. The number of esters is 1. The Hall–Kier alpha value is -2.71. The van der Waals surface area contributed by atoms with E-state index < -0.39 is 19.1 Å². The molecule has 0 saturated heterocycles. The first kappa shape index (κ1) is 19.6. The number of nitrogens with one attached hydrogen (secondary N) is 1. The Morgan fingerprint density at radius 3 is 2.69 bits per heavy atom. The van der Waals surface area contributed by atoms with Gasteiger partial charge >= 0.3 is 13.1 Å². The second kappa shape index (κ2) is 7.97. The van der Waals surface area contributed by atoms with Crippen molar-refractivity contribution in [2.75, 3.05) is 0 Å². The average molecular weight is 397 g/mol. The zero-order chi connectivity index (χ0) is 20.5. The number of rotatable bonds is 6. The van der Waals surface area contributed by atoms with E-state index >= 15 is 0 Å².